The zero-order valence-corrected chi connectivity index (χ0v) is 29.5. The highest BCUT2D eigenvalue weighted by Gasteiger charge is 2.62. The van der Waals surface area contributed by atoms with Crippen molar-refractivity contribution in [3.8, 4) is 51.0 Å². The monoisotopic (exact) mass is 682 g/mol. The van der Waals surface area contributed by atoms with Gasteiger partial charge < -0.3 is 4.57 Å². The molecule has 8 aromatic rings. The minimum Gasteiger partial charge on any atom is -0.309 e. The lowest BCUT2D eigenvalue weighted by Gasteiger charge is -2.61. The number of rotatable bonds is 4. The third-order valence-electron chi connectivity index (χ3n) is 13.4. The van der Waals surface area contributed by atoms with Gasteiger partial charge in [-0.3, -0.25) is 0 Å². The van der Waals surface area contributed by atoms with Gasteiger partial charge in [0.25, 0.3) is 0 Å². The van der Waals surface area contributed by atoms with Crippen LogP contribution in [0.3, 0.4) is 0 Å². The molecule has 5 aliphatic rings. The van der Waals surface area contributed by atoms with Gasteiger partial charge in [-0.15, -0.1) is 0 Å². The Morgan fingerprint density at radius 3 is 1.75 bits per heavy atom. The molecule has 0 aliphatic heterocycles. The highest BCUT2D eigenvalue weighted by Crippen LogP contribution is 2.70. The van der Waals surface area contributed by atoms with Crippen LogP contribution in [0.2, 0.25) is 0 Å². The van der Waals surface area contributed by atoms with Crippen LogP contribution in [0, 0.1) is 23.7 Å². The molecule has 4 fully saturated rings. The largest absolute Gasteiger partial charge is 0.309 e. The molecule has 0 amide bonds. The first-order valence-corrected chi connectivity index (χ1v) is 19.4. The zero-order valence-electron chi connectivity index (χ0n) is 29.5. The Labute approximate surface area is 309 Å². The Hall–Kier alpha value is -5.87. The van der Waals surface area contributed by atoms with E-state index >= 15 is 0 Å². The second-order valence-corrected chi connectivity index (χ2v) is 16.0. The highest BCUT2D eigenvalue weighted by atomic mass is 15.0. The summed E-state index contributed by atoms with van der Waals surface area (Å²) in [6, 6.07) is 52.7. The molecule has 4 nitrogen and oxygen atoms in total. The molecule has 1 spiro atoms. The fraction of sp³-hybridized carbons (Fsp3) is 0.204. The van der Waals surface area contributed by atoms with E-state index in [9.17, 15) is 0 Å². The van der Waals surface area contributed by atoms with Crippen LogP contribution >= 0.6 is 0 Å². The maximum absolute atomic E-state index is 5.08. The normalized spacial score (nSPS) is 23.5. The van der Waals surface area contributed by atoms with Crippen LogP contribution in [-0.2, 0) is 5.41 Å². The fourth-order valence-electron chi connectivity index (χ4n) is 11.7. The number of hydrogen-bond donors (Lipinski definition) is 0. The molecule has 2 heterocycles. The molecule has 0 N–H and O–H groups in total. The van der Waals surface area contributed by atoms with Crippen LogP contribution in [0.5, 0.6) is 0 Å². The first-order chi connectivity index (χ1) is 26.2. The van der Waals surface area contributed by atoms with E-state index in [1.165, 1.54) is 65.0 Å². The molecular weight excluding hydrogens is 645 g/mol. The molecule has 5 aliphatic carbocycles. The van der Waals surface area contributed by atoms with Crippen molar-refractivity contribution in [2.75, 3.05) is 0 Å². The molecule has 4 saturated carbocycles. The van der Waals surface area contributed by atoms with Gasteiger partial charge in [0.15, 0.2) is 17.5 Å². The van der Waals surface area contributed by atoms with Gasteiger partial charge in [0.2, 0.25) is 0 Å². The van der Waals surface area contributed by atoms with Crippen molar-refractivity contribution in [2.45, 2.75) is 37.5 Å². The van der Waals surface area contributed by atoms with Crippen molar-refractivity contribution in [3.05, 3.63) is 157 Å². The highest BCUT2D eigenvalue weighted by molar-refractivity contribution is 6.14. The van der Waals surface area contributed by atoms with E-state index < -0.39 is 0 Å². The quantitative estimate of drug-likeness (QED) is 0.186. The first kappa shape index (κ1) is 29.7. The minimum absolute atomic E-state index is 0.0855. The molecule has 53 heavy (non-hydrogen) atoms. The van der Waals surface area contributed by atoms with Crippen LogP contribution in [0.25, 0.3) is 72.8 Å². The Morgan fingerprint density at radius 2 is 1.06 bits per heavy atom. The van der Waals surface area contributed by atoms with Gasteiger partial charge >= 0.3 is 0 Å². The van der Waals surface area contributed by atoms with Crippen molar-refractivity contribution in [1.29, 1.82) is 0 Å². The lowest BCUT2D eigenvalue weighted by molar-refractivity contribution is -0.0393. The third-order valence-corrected chi connectivity index (χ3v) is 13.4. The van der Waals surface area contributed by atoms with Gasteiger partial charge in [-0.25, -0.2) is 15.0 Å². The van der Waals surface area contributed by atoms with Gasteiger partial charge in [0.1, 0.15) is 0 Å². The molecule has 0 saturated heterocycles. The summed E-state index contributed by atoms with van der Waals surface area (Å²) in [4.78, 5) is 15.1. The number of nitrogens with zero attached hydrogens (tertiary/aromatic N) is 4. The van der Waals surface area contributed by atoms with E-state index in [0.717, 1.165) is 34.2 Å². The van der Waals surface area contributed by atoms with Gasteiger partial charge in [-0.2, -0.15) is 0 Å². The minimum atomic E-state index is 0.0855. The lowest BCUT2D eigenvalue weighted by atomic mass is 9.43. The molecule has 0 unspecified atom stereocenters. The second kappa shape index (κ2) is 11.1. The number of fused-ring (bicyclic) bond motifs is 7. The van der Waals surface area contributed by atoms with E-state index in [1.807, 2.05) is 36.4 Å². The van der Waals surface area contributed by atoms with Crippen molar-refractivity contribution in [2.24, 2.45) is 23.7 Å². The van der Waals surface area contributed by atoms with E-state index in [-0.39, 0.29) is 5.41 Å². The van der Waals surface area contributed by atoms with Gasteiger partial charge in [-0.1, -0.05) is 121 Å². The zero-order chi connectivity index (χ0) is 34.7. The third kappa shape index (κ3) is 4.15. The molecule has 13 rings (SSSR count). The fourth-order valence-corrected chi connectivity index (χ4v) is 11.7. The van der Waals surface area contributed by atoms with E-state index in [4.69, 9.17) is 15.0 Å². The van der Waals surface area contributed by atoms with Crippen molar-refractivity contribution in [3.63, 3.8) is 0 Å². The van der Waals surface area contributed by atoms with E-state index in [1.54, 1.807) is 11.1 Å². The summed E-state index contributed by atoms with van der Waals surface area (Å²) >= 11 is 0. The number of para-hydroxylation sites is 1. The molecule has 0 radical (unpaired) electrons. The average Bonchev–Trinajstić information content (AvgIpc) is 3.71. The van der Waals surface area contributed by atoms with Crippen molar-refractivity contribution < 1.29 is 0 Å². The topological polar surface area (TPSA) is 43.6 Å². The first-order valence-electron chi connectivity index (χ1n) is 19.4. The van der Waals surface area contributed by atoms with Gasteiger partial charge in [0.05, 0.1) is 11.0 Å². The number of aromatic nitrogens is 4. The number of benzene rings is 6. The van der Waals surface area contributed by atoms with Crippen LogP contribution in [0.1, 0.15) is 43.2 Å². The maximum atomic E-state index is 5.08. The molecule has 6 aromatic carbocycles. The van der Waals surface area contributed by atoms with Crippen molar-refractivity contribution >= 4 is 21.8 Å². The molecule has 4 bridgehead atoms. The molecule has 4 heteroatoms. The lowest BCUT2D eigenvalue weighted by Crippen LogP contribution is -2.55. The van der Waals surface area contributed by atoms with Gasteiger partial charge in [0, 0.05) is 38.6 Å². The van der Waals surface area contributed by atoms with E-state index in [2.05, 4.69) is 114 Å². The SMILES string of the molecule is c1ccc(-c2nc(-c3ccccc3)nc(-c3cccc(-n4c5ccccc5c5c6c(ccc54)-c4ccccc4C64C5CC6CC(C5)CC4C6)c3)n2)cc1. The summed E-state index contributed by atoms with van der Waals surface area (Å²) in [7, 11) is 0. The summed E-state index contributed by atoms with van der Waals surface area (Å²) in [5, 5.41) is 2.80. The summed E-state index contributed by atoms with van der Waals surface area (Å²) in [6.45, 7) is 0. The van der Waals surface area contributed by atoms with Crippen LogP contribution in [0.4, 0.5) is 0 Å². The summed E-state index contributed by atoms with van der Waals surface area (Å²) < 4.78 is 2.50. The van der Waals surface area contributed by atoms with E-state index in [0.29, 0.717) is 29.3 Å². The Balaban J connectivity index is 1.09. The Morgan fingerprint density at radius 1 is 0.472 bits per heavy atom. The summed E-state index contributed by atoms with van der Waals surface area (Å²) in [5.41, 5.74) is 12.8. The predicted molar refractivity (Wildman–Crippen MR) is 214 cm³/mol. The van der Waals surface area contributed by atoms with Gasteiger partial charge in [-0.05, 0) is 102 Å². The van der Waals surface area contributed by atoms with Crippen LogP contribution in [-0.4, -0.2) is 19.5 Å². The standard InChI is InChI=1S/C49H38N4/c1-3-12-32(13-4-1)46-50-47(33-14-5-2-6-15-33)52-48(51-46)34-16-11-17-37(29-34)53-42-21-10-8-19-40(42)44-43(53)23-22-39-38-18-7-9-20-41(38)49(45(39)44)35-25-30-24-31(27-35)28-36(49)26-30/h1-23,29-31,35-36H,24-28H2. The smallest absolute Gasteiger partial charge is 0.164 e. The summed E-state index contributed by atoms with van der Waals surface area (Å²) in [5.74, 6) is 5.24. The average molecular weight is 683 g/mol. The second-order valence-electron chi connectivity index (χ2n) is 16.0. The Bertz CT molecular complexity index is 2660. The molecular formula is C49H38N4. The van der Waals surface area contributed by atoms with Crippen LogP contribution in [0.15, 0.2) is 146 Å². The Kier molecular flexibility index (Phi) is 6.20. The molecule has 2 aromatic heterocycles. The summed E-state index contributed by atoms with van der Waals surface area (Å²) in [6.07, 6.45) is 6.96. The predicted octanol–water partition coefficient (Wildman–Crippen LogP) is 11.7. The van der Waals surface area contributed by atoms with Crippen molar-refractivity contribution in [1.82, 2.24) is 19.5 Å². The molecule has 254 valence electrons. The maximum Gasteiger partial charge on any atom is 0.164 e. The number of hydrogen-bond acceptors (Lipinski definition) is 3. The van der Waals surface area contributed by atoms with Crippen LogP contribution < -0.4 is 0 Å². The molecule has 0 atom stereocenters.